The van der Waals surface area contributed by atoms with Crippen molar-refractivity contribution in [1.29, 1.82) is 0 Å². The van der Waals surface area contributed by atoms with Gasteiger partial charge in [0.15, 0.2) is 5.78 Å². The van der Waals surface area contributed by atoms with Gasteiger partial charge in [-0.05, 0) is 32.9 Å². The third-order valence-electron chi connectivity index (χ3n) is 3.30. The quantitative estimate of drug-likeness (QED) is 0.817. The topological polar surface area (TPSA) is 94.6 Å². The molecule has 6 heteroatoms. The summed E-state index contributed by atoms with van der Waals surface area (Å²) in [6.07, 6.45) is 1.49. The molecule has 0 radical (unpaired) electrons. The normalized spacial score (nSPS) is 18.5. The minimum Gasteiger partial charge on any atom is -0.468 e. The van der Waals surface area contributed by atoms with Crippen LogP contribution in [-0.2, 0) is 14.3 Å². The van der Waals surface area contributed by atoms with Crippen molar-refractivity contribution in [2.24, 2.45) is 5.73 Å². The van der Waals surface area contributed by atoms with Crippen molar-refractivity contribution >= 4 is 11.8 Å². The zero-order chi connectivity index (χ0) is 15.6. The molecule has 21 heavy (non-hydrogen) atoms. The van der Waals surface area contributed by atoms with Gasteiger partial charge in [-0.15, -0.1) is 0 Å². The van der Waals surface area contributed by atoms with E-state index in [1.807, 2.05) is 0 Å². The van der Waals surface area contributed by atoms with Crippen molar-refractivity contribution in [3.63, 3.8) is 0 Å². The molecule has 1 aromatic rings. The van der Waals surface area contributed by atoms with Gasteiger partial charge < -0.3 is 20.2 Å². The summed E-state index contributed by atoms with van der Waals surface area (Å²) < 4.78 is 10.4. The Morgan fingerprint density at radius 1 is 1.43 bits per heavy atom. The standard InChI is InChI=1S/C15H18N2O4/c1-4-20-15(19)13-12(10-6-5-7-21-10)11(9(3)18)8(2)17-14(13)16/h5-7,12,17H,4,16H2,1-3H3/t12-/m1/s1. The van der Waals surface area contributed by atoms with Crippen molar-refractivity contribution in [2.75, 3.05) is 6.61 Å². The van der Waals surface area contributed by atoms with Crippen molar-refractivity contribution in [3.05, 3.63) is 46.8 Å². The fourth-order valence-electron chi connectivity index (χ4n) is 2.50. The first-order valence-electron chi connectivity index (χ1n) is 6.66. The minimum atomic E-state index is -0.655. The SMILES string of the molecule is CCOC(=O)C1=C(N)NC(C)=C(C(C)=O)[C@H]1c1ccco1. The fraction of sp³-hybridized carbons (Fsp3) is 0.333. The molecule has 1 aliphatic rings. The first kappa shape index (κ1) is 14.9. The van der Waals surface area contributed by atoms with Gasteiger partial charge in [0.05, 0.1) is 24.4 Å². The van der Waals surface area contributed by atoms with Gasteiger partial charge in [0.2, 0.25) is 0 Å². The molecule has 2 heterocycles. The van der Waals surface area contributed by atoms with E-state index in [1.54, 1.807) is 26.0 Å². The molecule has 0 unspecified atom stereocenters. The summed E-state index contributed by atoms with van der Waals surface area (Å²) in [6, 6.07) is 3.40. The second kappa shape index (κ2) is 5.87. The maximum Gasteiger partial charge on any atom is 0.338 e. The number of ether oxygens (including phenoxy) is 1. The number of carbonyl (C=O) groups is 2. The zero-order valence-electron chi connectivity index (χ0n) is 12.2. The number of nitrogens with two attached hydrogens (primary N) is 1. The van der Waals surface area contributed by atoms with Gasteiger partial charge >= 0.3 is 5.97 Å². The molecule has 0 aliphatic carbocycles. The van der Waals surface area contributed by atoms with E-state index in [2.05, 4.69) is 5.32 Å². The molecule has 0 fully saturated rings. The van der Waals surface area contributed by atoms with Crippen LogP contribution in [0.1, 0.15) is 32.4 Å². The third kappa shape index (κ3) is 2.69. The first-order valence-corrected chi connectivity index (χ1v) is 6.66. The molecule has 1 aliphatic heterocycles. The van der Waals surface area contributed by atoms with Crippen LogP contribution in [0.5, 0.6) is 0 Å². The molecular weight excluding hydrogens is 272 g/mol. The highest BCUT2D eigenvalue weighted by Crippen LogP contribution is 2.38. The number of carbonyl (C=O) groups excluding carboxylic acids is 2. The van der Waals surface area contributed by atoms with Gasteiger partial charge in [0.1, 0.15) is 11.6 Å². The predicted octanol–water partition coefficient (Wildman–Crippen LogP) is 1.56. The van der Waals surface area contributed by atoms with E-state index in [-0.39, 0.29) is 23.8 Å². The molecule has 0 bridgehead atoms. The molecule has 0 spiro atoms. The van der Waals surface area contributed by atoms with Crippen LogP contribution in [0.4, 0.5) is 0 Å². The van der Waals surface area contributed by atoms with Gasteiger partial charge in [0.25, 0.3) is 0 Å². The summed E-state index contributed by atoms with van der Waals surface area (Å²) >= 11 is 0. The van der Waals surface area contributed by atoms with Crippen LogP contribution in [0.15, 0.2) is 45.5 Å². The first-order chi connectivity index (χ1) is 9.97. The number of nitrogens with one attached hydrogen (secondary N) is 1. The van der Waals surface area contributed by atoms with Crippen molar-refractivity contribution in [1.82, 2.24) is 5.32 Å². The molecule has 0 aromatic carbocycles. The number of esters is 1. The summed E-state index contributed by atoms with van der Waals surface area (Å²) in [4.78, 5) is 24.2. The number of rotatable bonds is 4. The van der Waals surface area contributed by atoms with E-state index in [0.717, 1.165) is 0 Å². The molecule has 0 amide bonds. The van der Waals surface area contributed by atoms with Crippen molar-refractivity contribution in [3.8, 4) is 0 Å². The maximum atomic E-state index is 12.2. The molecule has 6 nitrogen and oxygen atoms in total. The van der Waals surface area contributed by atoms with Gasteiger partial charge in [-0.3, -0.25) is 4.79 Å². The summed E-state index contributed by atoms with van der Waals surface area (Å²) in [5.74, 6) is -0.715. The van der Waals surface area contributed by atoms with E-state index < -0.39 is 11.9 Å². The number of furan rings is 1. The van der Waals surface area contributed by atoms with E-state index in [9.17, 15) is 9.59 Å². The van der Waals surface area contributed by atoms with Gasteiger partial charge in [0, 0.05) is 11.3 Å². The lowest BCUT2D eigenvalue weighted by Crippen LogP contribution is -2.35. The number of Topliss-reactive ketones (excluding diaryl/α,β-unsaturated/α-hetero) is 1. The lowest BCUT2D eigenvalue weighted by molar-refractivity contribution is -0.138. The average Bonchev–Trinajstić information content (AvgIpc) is 2.90. The molecule has 112 valence electrons. The van der Waals surface area contributed by atoms with E-state index in [4.69, 9.17) is 14.9 Å². The largest absolute Gasteiger partial charge is 0.468 e. The Hall–Kier alpha value is -2.50. The summed E-state index contributed by atoms with van der Waals surface area (Å²) in [7, 11) is 0. The minimum absolute atomic E-state index is 0.157. The summed E-state index contributed by atoms with van der Waals surface area (Å²) in [5.41, 5.74) is 7.19. The lowest BCUT2D eigenvalue weighted by atomic mass is 9.83. The Labute approximate surface area is 122 Å². The number of ketones is 1. The van der Waals surface area contributed by atoms with E-state index in [0.29, 0.717) is 17.0 Å². The van der Waals surface area contributed by atoms with Crippen molar-refractivity contribution < 1.29 is 18.7 Å². The highest BCUT2D eigenvalue weighted by molar-refractivity contribution is 6.01. The summed E-state index contributed by atoms with van der Waals surface area (Å²) in [5, 5.41) is 2.87. The monoisotopic (exact) mass is 290 g/mol. The molecule has 3 N–H and O–H groups in total. The number of hydrogen-bond acceptors (Lipinski definition) is 6. The fourth-order valence-corrected chi connectivity index (χ4v) is 2.50. The number of dihydropyridines is 1. The van der Waals surface area contributed by atoms with Crippen LogP contribution in [-0.4, -0.2) is 18.4 Å². The Morgan fingerprint density at radius 2 is 2.14 bits per heavy atom. The molecule has 0 saturated heterocycles. The molecule has 2 rings (SSSR count). The van der Waals surface area contributed by atoms with Crippen LogP contribution in [0, 0.1) is 0 Å². The smallest absolute Gasteiger partial charge is 0.338 e. The predicted molar refractivity (Wildman–Crippen MR) is 75.8 cm³/mol. The maximum absolute atomic E-state index is 12.2. The van der Waals surface area contributed by atoms with Crippen molar-refractivity contribution in [2.45, 2.75) is 26.7 Å². The van der Waals surface area contributed by atoms with E-state index in [1.165, 1.54) is 13.2 Å². The van der Waals surface area contributed by atoms with Crippen LogP contribution < -0.4 is 11.1 Å². The molecule has 0 saturated carbocycles. The van der Waals surface area contributed by atoms with Crippen LogP contribution in [0.2, 0.25) is 0 Å². The van der Waals surface area contributed by atoms with Gasteiger partial charge in [-0.2, -0.15) is 0 Å². The van der Waals surface area contributed by atoms with Crippen LogP contribution in [0.25, 0.3) is 0 Å². The Morgan fingerprint density at radius 3 is 2.67 bits per heavy atom. The molecule has 1 atom stereocenters. The molecular formula is C15H18N2O4. The number of hydrogen-bond donors (Lipinski definition) is 2. The van der Waals surface area contributed by atoms with E-state index >= 15 is 0 Å². The highest BCUT2D eigenvalue weighted by Gasteiger charge is 2.37. The lowest BCUT2D eigenvalue weighted by Gasteiger charge is -2.28. The zero-order valence-corrected chi connectivity index (χ0v) is 12.2. The average molecular weight is 290 g/mol. The Bertz CT molecular complexity index is 626. The second-order valence-corrected chi connectivity index (χ2v) is 4.72. The molecule has 1 aromatic heterocycles. The number of allylic oxidation sites excluding steroid dienone is 2. The van der Waals surface area contributed by atoms with Crippen LogP contribution >= 0.6 is 0 Å². The highest BCUT2D eigenvalue weighted by atomic mass is 16.5. The second-order valence-electron chi connectivity index (χ2n) is 4.72. The Kier molecular flexibility index (Phi) is 4.16. The Balaban J connectivity index is 2.58. The van der Waals surface area contributed by atoms with Gasteiger partial charge in [-0.1, -0.05) is 0 Å². The summed E-state index contributed by atoms with van der Waals surface area (Å²) in [6.45, 7) is 5.11. The van der Waals surface area contributed by atoms with Gasteiger partial charge in [-0.25, -0.2) is 4.79 Å². The third-order valence-corrected chi connectivity index (χ3v) is 3.30. The van der Waals surface area contributed by atoms with Crippen LogP contribution in [0.3, 0.4) is 0 Å².